The van der Waals surface area contributed by atoms with Crippen molar-refractivity contribution >= 4 is 17.6 Å². The summed E-state index contributed by atoms with van der Waals surface area (Å²) in [5.41, 5.74) is 7.27. The second kappa shape index (κ2) is 5.61. The molecular formula is C13H15N5O3. The lowest BCUT2D eigenvalue weighted by Gasteiger charge is -2.12. The Kier molecular flexibility index (Phi) is 3.88. The molecule has 0 saturated heterocycles. The van der Waals surface area contributed by atoms with E-state index in [9.17, 15) is 9.59 Å². The number of rotatable bonds is 3. The number of amides is 1. The molecule has 1 amide bonds. The molecule has 0 aliphatic rings. The Hall–Kier alpha value is -2.90. The first kappa shape index (κ1) is 14.5. The fourth-order valence-corrected chi connectivity index (χ4v) is 1.72. The van der Waals surface area contributed by atoms with Gasteiger partial charge < -0.3 is 15.4 Å². The molecule has 2 aromatic rings. The molecule has 0 fully saturated rings. The normalized spacial score (nSPS) is 10.2. The Morgan fingerprint density at radius 3 is 2.62 bits per heavy atom. The number of carbonyl (C=O) groups excluding carboxylic acids is 2. The first-order valence-corrected chi connectivity index (χ1v) is 6.05. The monoisotopic (exact) mass is 289 g/mol. The van der Waals surface area contributed by atoms with Crippen molar-refractivity contribution < 1.29 is 14.3 Å². The lowest BCUT2D eigenvalue weighted by molar-refractivity contribution is 0.0586. The second-order valence-corrected chi connectivity index (χ2v) is 4.48. The molecule has 0 bridgehead atoms. The summed E-state index contributed by atoms with van der Waals surface area (Å²) in [5, 5.41) is 3.98. The highest BCUT2D eigenvalue weighted by molar-refractivity contribution is 5.95. The minimum Gasteiger partial charge on any atom is -0.463 e. The third kappa shape index (κ3) is 2.83. The number of ether oxygens (including phenoxy) is 1. The Morgan fingerprint density at radius 1 is 1.33 bits per heavy atom. The van der Waals surface area contributed by atoms with E-state index in [2.05, 4.69) is 14.8 Å². The minimum absolute atomic E-state index is 0.0645. The molecule has 0 spiro atoms. The van der Waals surface area contributed by atoms with Crippen molar-refractivity contribution in [1.29, 1.82) is 0 Å². The number of nitrogen functional groups attached to an aromatic ring is 1. The zero-order chi connectivity index (χ0) is 15.6. The summed E-state index contributed by atoms with van der Waals surface area (Å²) in [7, 11) is 4.57. The largest absolute Gasteiger partial charge is 0.463 e. The quantitative estimate of drug-likeness (QED) is 0.645. The van der Waals surface area contributed by atoms with E-state index in [0.717, 1.165) is 0 Å². The number of hydrogen-bond acceptors (Lipinski definition) is 6. The fraction of sp³-hybridized carbons (Fsp3) is 0.231. The Morgan fingerprint density at radius 2 is 2.05 bits per heavy atom. The number of hydrogen-bond donors (Lipinski definition) is 1. The Labute approximate surface area is 121 Å². The molecule has 0 unspecified atom stereocenters. The standard InChI is InChI=1S/C13H15N5O3/c1-17(2)12(19)8-4-5-10(9(14)6-8)18-7-15-11(16-18)13(20)21-3/h4-7H,14H2,1-3H3. The van der Waals surface area contributed by atoms with Gasteiger partial charge >= 0.3 is 5.97 Å². The van der Waals surface area contributed by atoms with Crippen LogP contribution in [-0.2, 0) is 4.74 Å². The SMILES string of the molecule is COC(=O)c1ncn(-c2ccc(C(=O)N(C)C)cc2N)n1. The van der Waals surface area contributed by atoms with Gasteiger partial charge in [-0.2, -0.15) is 0 Å². The average Bonchev–Trinajstić information content (AvgIpc) is 2.94. The molecule has 1 heterocycles. The predicted octanol–water partition coefficient (Wildman–Crippen LogP) is 0.338. The van der Waals surface area contributed by atoms with E-state index in [1.165, 1.54) is 23.0 Å². The molecule has 2 N–H and O–H groups in total. The molecular weight excluding hydrogens is 274 g/mol. The van der Waals surface area contributed by atoms with Crippen LogP contribution in [-0.4, -0.2) is 52.7 Å². The Bertz CT molecular complexity index is 693. The van der Waals surface area contributed by atoms with E-state index in [0.29, 0.717) is 16.9 Å². The van der Waals surface area contributed by atoms with Crippen molar-refractivity contribution in [1.82, 2.24) is 19.7 Å². The minimum atomic E-state index is -0.633. The van der Waals surface area contributed by atoms with E-state index in [4.69, 9.17) is 5.73 Å². The van der Waals surface area contributed by atoms with Gasteiger partial charge in [0.15, 0.2) is 0 Å². The lowest BCUT2D eigenvalue weighted by atomic mass is 10.1. The van der Waals surface area contributed by atoms with Crippen LogP contribution in [0, 0.1) is 0 Å². The average molecular weight is 289 g/mol. The van der Waals surface area contributed by atoms with Crippen molar-refractivity contribution in [2.75, 3.05) is 26.9 Å². The number of nitrogens with zero attached hydrogens (tertiary/aromatic N) is 4. The molecule has 0 radical (unpaired) electrons. The van der Waals surface area contributed by atoms with E-state index >= 15 is 0 Å². The lowest BCUT2D eigenvalue weighted by Crippen LogP contribution is -2.21. The summed E-state index contributed by atoms with van der Waals surface area (Å²) in [6.07, 6.45) is 1.35. The highest BCUT2D eigenvalue weighted by atomic mass is 16.5. The van der Waals surface area contributed by atoms with Crippen molar-refractivity contribution in [2.24, 2.45) is 0 Å². The van der Waals surface area contributed by atoms with Crippen LogP contribution in [0.15, 0.2) is 24.5 Å². The topological polar surface area (TPSA) is 103 Å². The zero-order valence-electron chi connectivity index (χ0n) is 11.9. The summed E-state index contributed by atoms with van der Waals surface area (Å²) >= 11 is 0. The van der Waals surface area contributed by atoms with Crippen LogP contribution in [0.4, 0.5) is 5.69 Å². The summed E-state index contributed by atoms with van der Waals surface area (Å²) in [6, 6.07) is 4.83. The van der Waals surface area contributed by atoms with Gasteiger partial charge in [0.1, 0.15) is 6.33 Å². The predicted molar refractivity (Wildman–Crippen MR) is 75.1 cm³/mol. The number of anilines is 1. The smallest absolute Gasteiger partial charge is 0.377 e. The van der Waals surface area contributed by atoms with Crippen LogP contribution in [0.1, 0.15) is 21.0 Å². The molecule has 2 rings (SSSR count). The number of benzene rings is 1. The maximum atomic E-state index is 11.9. The second-order valence-electron chi connectivity index (χ2n) is 4.48. The zero-order valence-corrected chi connectivity index (χ0v) is 11.9. The number of carbonyl (C=O) groups is 2. The molecule has 21 heavy (non-hydrogen) atoms. The van der Waals surface area contributed by atoms with Gasteiger partial charge in [0.2, 0.25) is 0 Å². The molecule has 0 atom stereocenters. The van der Waals surface area contributed by atoms with Gasteiger partial charge in [-0.3, -0.25) is 4.79 Å². The van der Waals surface area contributed by atoms with Gasteiger partial charge in [0.25, 0.3) is 11.7 Å². The molecule has 8 nitrogen and oxygen atoms in total. The summed E-state index contributed by atoms with van der Waals surface area (Å²) < 4.78 is 5.89. The Balaban J connectivity index is 2.35. The van der Waals surface area contributed by atoms with Crippen molar-refractivity contribution in [3.63, 3.8) is 0 Å². The summed E-state index contributed by atoms with van der Waals surface area (Å²) in [4.78, 5) is 28.5. The van der Waals surface area contributed by atoms with Crippen molar-refractivity contribution in [3.8, 4) is 5.69 Å². The maximum Gasteiger partial charge on any atom is 0.377 e. The van der Waals surface area contributed by atoms with E-state index in [1.54, 1.807) is 32.3 Å². The van der Waals surface area contributed by atoms with Crippen LogP contribution >= 0.6 is 0 Å². The number of nitrogens with two attached hydrogens (primary N) is 1. The van der Waals surface area contributed by atoms with E-state index in [1.807, 2.05) is 0 Å². The van der Waals surface area contributed by atoms with Crippen LogP contribution in [0.25, 0.3) is 5.69 Å². The van der Waals surface area contributed by atoms with Crippen LogP contribution in [0.2, 0.25) is 0 Å². The molecule has 0 aliphatic heterocycles. The number of methoxy groups -OCH3 is 1. The molecule has 1 aromatic heterocycles. The van der Waals surface area contributed by atoms with Crippen molar-refractivity contribution in [3.05, 3.63) is 35.9 Å². The van der Waals surface area contributed by atoms with Gasteiger partial charge in [-0.1, -0.05) is 0 Å². The highest BCUT2D eigenvalue weighted by Crippen LogP contribution is 2.19. The molecule has 8 heteroatoms. The third-order valence-electron chi connectivity index (χ3n) is 2.79. The van der Waals surface area contributed by atoms with E-state index in [-0.39, 0.29) is 11.7 Å². The van der Waals surface area contributed by atoms with Gasteiger partial charge in [-0.05, 0) is 18.2 Å². The van der Waals surface area contributed by atoms with Crippen LogP contribution < -0.4 is 5.73 Å². The molecule has 110 valence electrons. The number of aromatic nitrogens is 3. The highest BCUT2D eigenvalue weighted by Gasteiger charge is 2.15. The summed E-state index contributed by atoms with van der Waals surface area (Å²) in [5.74, 6) is -0.848. The van der Waals surface area contributed by atoms with Crippen LogP contribution in [0.3, 0.4) is 0 Å². The first-order chi connectivity index (χ1) is 9.93. The fourth-order valence-electron chi connectivity index (χ4n) is 1.72. The van der Waals surface area contributed by atoms with Crippen molar-refractivity contribution in [2.45, 2.75) is 0 Å². The number of esters is 1. The third-order valence-corrected chi connectivity index (χ3v) is 2.79. The molecule has 0 aliphatic carbocycles. The first-order valence-electron chi connectivity index (χ1n) is 6.05. The van der Waals surface area contributed by atoms with E-state index < -0.39 is 5.97 Å². The summed E-state index contributed by atoms with van der Waals surface area (Å²) in [6.45, 7) is 0. The van der Waals surface area contributed by atoms with Gasteiger partial charge in [0, 0.05) is 19.7 Å². The maximum absolute atomic E-state index is 11.9. The molecule has 1 aromatic carbocycles. The van der Waals surface area contributed by atoms with Crippen LogP contribution in [0.5, 0.6) is 0 Å². The van der Waals surface area contributed by atoms with Gasteiger partial charge in [0.05, 0.1) is 18.5 Å². The van der Waals surface area contributed by atoms with Gasteiger partial charge in [-0.25, -0.2) is 14.5 Å². The van der Waals surface area contributed by atoms with Gasteiger partial charge in [-0.15, -0.1) is 5.10 Å². The molecule has 0 saturated carbocycles.